The Morgan fingerprint density at radius 1 is 1.29 bits per heavy atom. The summed E-state index contributed by atoms with van der Waals surface area (Å²) >= 11 is 3.27. The summed E-state index contributed by atoms with van der Waals surface area (Å²) < 4.78 is 14.6. The van der Waals surface area contributed by atoms with Crippen LogP contribution in [0.4, 0.5) is 4.39 Å². The first-order valence-corrected chi connectivity index (χ1v) is 8.85. The minimum Gasteiger partial charge on any atom is -0.319 e. The highest BCUT2D eigenvalue weighted by atomic mass is 79.9. The van der Waals surface area contributed by atoms with Crippen LogP contribution in [0.3, 0.4) is 0 Å². The van der Waals surface area contributed by atoms with Crippen molar-refractivity contribution in [2.45, 2.75) is 44.2 Å². The fraction of sp³-hybridized carbons (Fsp3) is 0.647. The molecule has 2 fully saturated rings. The highest BCUT2D eigenvalue weighted by molar-refractivity contribution is 9.10. The highest BCUT2D eigenvalue weighted by Crippen LogP contribution is 2.42. The summed E-state index contributed by atoms with van der Waals surface area (Å²) in [5, 5.41) is 3.34. The predicted octanol–water partition coefficient (Wildman–Crippen LogP) is 4.11. The minimum absolute atomic E-state index is 0.143. The molecule has 0 spiro atoms. The van der Waals surface area contributed by atoms with Gasteiger partial charge in [0.25, 0.3) is 0 Å². The highest BCUT2D eigenvalue weighted by Gasteiger charge is 2.39. The van der Waals surface area contributed by atoms with Crippen molar-refractivity contribution in [3.05, 3.63) is 34.1 Å². The molecule has 2 nitrogen and oxygen atoms in total. The van der Waals surface area contributed by atoms with Crippen LogP contribution >= 0.6 is 15.9 Å². The van der Waals surface area contributed by atoms with E-state index in [2.05, 4.69) is 32.2 Å². The summed E-state index contributed by atoms with van der Waals surface area (Å²) in [6.07, 6.45) is 6.40. The lowest BCUT2D eigenvalue weighted by molar-refractivity contribution is 0.145. The fourth-order valence-corrected chi connectivity index (χ4v) is 3.97. The third-order valence-corrected chi connectivity index (χ3v) is 5.46. The Balaban J connectivity index is 1.94. The van der Waals surface area contributed by atoms with Crippen molar-refractivity contribution in [2.24, 2.45) is 5.92 Å². The van der Waals surface area contributed by atoms with E-state index in [0.717, 1.165) is 24.7 Å². The summed E-state index contributed by atoms with van der Waals surface area (Å²) in [5.74, 6) is 0.425. The van der Waals surface area contributed by atoms with Crippen molar-refractivity contribution in [1.29, 1.82) is 0 Å². The molecule has 1 heterocycles. The SMILES string of the molecule is CNCC1CCCCN(C2CC2)C1c1ccc(Br)c(F)c1. The number of benzene rings is 1. The number of hydrogen-bond acceptors (Lipinski definition) is 2. The van der Waals surface area contributed by atoms with Gasteiger partial charge in [-0.3, -0.25) is 4.90 Å². The predicted molar refractivity (Wildman–Crippen MR) is 87.8 cm³/mol. The van der Waals surface area contributed by atoms with Gasteiger partial charge in [-0.15, -0.1) is 0 Å². The molecule has 1 aromatic carbocycles. The number of hydrogen-bond donors (Lipinski definition) is 1. The zero-order valence-electron chi connectivity index (χ0n) is 12.6. The molecule has 1 N–H and O–H groups in total. The van der Waals surface area contributed by atoms with Crippen LogP contribution in [-0.4, -0.2) is 31.1 Å². The van der Waals surface area contributed by atoms with Crippen LogP contribution < -0.4 is 5.32 Å². The number of rotatable bonds is 4. The lowest BCUT2D eigenvalue weighted by atomic mass is 9.89. The Morgan fingerprint density at radius 3 is 2.76 bits per heavy atom. The van der Waals surface area contributed by atoms with Gasteiger partial charge in [-0.25, -0.2) is 4.39 Å². The normalized spacial score (nSPS) is 27.6. The molecule has 1 aromatic rings. The van der Waals surface area contributed by atoms with Gasteiger partial charge in [0.15, 0.2) is 0 Å². The molecule has 0 bridgehead atoms. The van der Waals surface area contributed by atoms with E-state index < -0.39 is 0 Å². The third-order valence-electron chi connectivity index (χ3n) is 4.81. The molecule has 2 atom stereocenters. The van der Waals surface area contributed by atoms with Gasteiger partial charge in [0.05, 0.1) is 4.47 Å². The molecule has 1 saturated heterocycles. The van der Waals surface area contributed by atoms with E-state index in [-0.39, 0.29) is 5.82 Å². The van der Waals surface area contributed by atoms with Crippen molar-refractivity contribution in [3.63, 3.8) is 0 Å². The monoisotopic (exact) mass is 354 g/mol. The van der Waals surface area contributed by atoms with Gasteiger partial charge in [0, 0.05) is 12.1 Å². The molecule has 0 amide bonds. The molecule has 2 aliphatic rings. The van der Waals surface area contributed by atoms with Crippen LogP contribution in [0.15, 0.2) is 22.7 Å². The maximum atomic E-state index is 14.0. The maximum absolute atomic E-state index is 14.0. The first-order chi connectivity index (χ1) is 10.2. The van der Waals surface area contributed by atoms with E-state index in [1.807, 2.05) is 13.1 Å². The van der Waals surface area contributed by atoms with Gasteiger partial charge >= 0.3 is 0 Å². The average molecular weight is 355 g/mol. The van der Waals surface area contributed by atoms with Gasteiger partial charge in [-0.05, 0) is 85.4 Å². The molecule has 0 radical (unpaired) electrons. The molecular formula is C17H24BrFN2. The Morgan fingerprint density at radius 2 is 2.10 bits per heavy atom. The lowest BCUT2D eigenvalue weighted by Crippen LogP contribution is -2.37. The smallest absolute Gasteiger partial charge is 0.137 e. The Bertz CT molecular complexity index is 490. The van der Waals surface area contributed by atoms with Crippen LogP contribution in [0.25, 0.3) is 0 Å². The second-order valence-corrected chi connectivity index (χ2v) is 7.26. The number of likely N-dealkylation sites (tertiary alicyclic amines) is 1. The summed E-state index contributed by atoms with van der Waals surface area (Å²) in [7, 11) is 2.02. The number of nitrogens with zero attached hydrogens (tertiary/aromatic N) is 1. The van der Waals surface area contributed by atoms with Gasteiger partial charge in [0.2, 0.25) is 0 Å². The maximum Gasteiger partial charge on any atom is 0.137 e. The summed E-state index contributed by atoms with van der Waals surface area (Å²) in [6.45, 7) is 2.17. The van der Waals surface area contributed by atoms with E-state index in [4.69, 9.17) is 0 Å². The van der Waals surface area contributed by atoms with E-state index in [0.29, 0.717) is 16.4 Å². The van der Waals surface area contributed by atoms with Gasteiger partial charge in [0.1, 0.15) is 5.82 Å². The zero-order valence-corrected chi connectivity index (χ0v) is 14.2. The summed E-state index contributed by atoms with van der Waals surface area (Å²) in [6, 6.07) is 6.77. The second kappa shape index (κ2) is 6.76. The summed E-state index contributed by atoms with van der Waals surface area (Å²) in [4.78, 5) is 2.65. The molecule has 1 saturated carbocycles. The van der Waals surface area contributed by atoms with Crippen LogP contribution in [0.1, 0.15) is 43.7 Å². The van der Waals surface area contributed by atoms with E-state index >= 15 is 0 Å². The first-order valence-electron chi connectivity index (χ1n) is 8.06. The fourth-order valence-electron chi connectivity index (χ4n) is 3.72. The van der Waals surface area contributed by atoms with Crippen LogP contribution in [0.2, 0.25) is 0 Å². The van der Waals surface area contributed by atoms with Crippen molar-refractivity contribution in [1.82, 2.24) is 10.2 Å². The minimum atomic E-state index is -0.143. The van der Waals surface area contributed by atoms with Crippen molar-refractivity contribution < 1.29 is 4.39 Å². The Labute approximate surface area is 135 Å². The van der Waals surface area contributed by atoms with Gasteiger partial charge < -0.3 is 5.32 Å². The van der Waals surface area contributed by atoms with E-state index in [1.165, 1.54) is 32.1 Å². The number of halogens is 2. The van der Waals surface area contributed by atoms with Gasteiger partial charge in [-0.1, -0.05) is 12.5 Å². The third kappa shape index (κ3) is 3.49. The van der Waals surface area contributed by atoms with Crippen molar-refractivity contribution >= 4 is 15.9 Å². The van der Waals surface area contributed by atoms with Crippen LogP contribution in [0.5, 0.6) is 0 Å². The molecular weight excluding hydrogens is 331 g/mol. The quantitative estimate of drug-likeness (QED) is 0.874. The molecule has 1 aliphatic heterocycles. The largest absolute Gasteiger partial charge is 0.319 e. The van der Waals surface area contributed by atoms with Crippen LogP contribution in [-0.2, 0) is 0 Å². The summed E-state index contributed by atoms with van der Waals surface area (Å²) in [5.41, 5.74) is 1.14. The molecule has 116 valence electrons. The van der Waals surface area contributed by atoms with E-state index in [9.17, 15) is 4.39 Å². The molecule has 21 heavy (non-hydrogen) atoms. The number of nitrogens with one attached hydrogen (secondary N) is 1. The molecule has 0 aromatic heterocycles. The van der Waals surface area contributed by atoms with Crippen molar-refractivity contribution in [3.8, 4) is 0 Å². The molecule has 3 rings (SSSR count). The second-order valence-electron chi connectivity index (χ2n) is 6.40. The average Bonchev–Trinajstić information content (AvgIpc) is 3.28. The zero-order chi connectivity index (χ0) is 14.8. The van der Waals surface area contributed by atoms with Crippen LogP contribution in [0, 0.1) is 11.7 Å². The first kappa shape index (κ1) is 15.4. The topological polar surface area (TPSA) is 15.3 Å². The van der Waals surface area contributed by atoms with Crippen molar-refractivity contribution in [2.75, 3.05) is 20.1 Å². The standard InChI is InChI=1S/C17H24BrFN2/c1-20-11-13-4-2-3-9-21(14-6-7-14)17(13)12-5-8-15(18)16(19)10-12/h5,8,10,13-14,17,20H,2-4,6-7,9,11H2,1H3. The van der Waals surface area contributed by atoms with Gasteiger partial charge in [-0.2, -0.15) is 0 Å². The lowest BCUT2D eigenvalue weighted by Gasteiger charge is -2.36. The Hall–Kier alpha value is -0.450. The molecule has 4 heteroatoms. The Kier molecular flexibility index (Phi) is 4.97. The molecule has 1 aliphatic carbocycles. The molecule has 2 unspecified atom stereocenters. The van der Waals surface area contributed by atoms with E-state index in [1.54, 1.807) is 6.07 Å².